The van der Waals surface area contributed by atoms with Gasteiger partial charge in [-0.1, -0.05) is 0 Å². The molecule has 2 aromatic carbocycles. The van der Waals surface area contributed by atoms with Crippen molar-refractivity contribution >= 4 is 44.2 Å². The van der Waals surface area contributed by atoms with Crippen molar-refractivity contribution in [2.24, 2.45) is 0 Å². The van der Waals surface area contributed by atoms with E-state index in [0.29, 0.717) is 28.1 Å². The van der Waals surface area contributed by atoms with Crippen LogP contribution in [0.5, 0.6) is 11.5 Å². The molecule has 0 aliphatic carbocycles. The van der Waals surface area contributed by atoms with E-state index < -0.39 is 21.8 Å². The number of benzene rings is 2. The van der Waals surface area contributed by atoms with Gasteiger partial charge in [-0.15, -0.1) is 0 Å². The lowest BCUT2D eigenvalue weighted by atomic mass is 10.1. The first-order valence-corrected chi connectivity index (χ1v) is 10.8. The van der Waals surface area contributed by atoms with Crippen LogP contribution in [0.4, 0.5) is 16.3 Å². The number of ether oxygens (including phenoxy) is 3. The van der Waals surface area contributed by atoms with Gasteiger partial charge in [-0.3, -0.25) is 5.32 Å². The third kappa shape index (κ3) is 4.21. The number of amides is 2. The highest BCUT2D eigenvalue weighted by Gasteiger charge is 2.20. The fraction of sp³-hybridized carbons (Fsp3) is 0.150. The zero-order valence-electron chi connectivity index (χ0n) is 16.5. The predicted octanol–water partition coefficient (Wildman–Crippen LogP) is 2.80. The highest BCUT2D eigenvalue weighted by molar-refractivity contribution is 7.90. The summed E-state index contributed by atoms with van der Waals surface area (Å²) in [5.41, 5.74) is 0.884. The van der Waals surface area contributed by atoms with E-state index in [1.54, 1.807) is 12.1 Å². The minimum Gasteiger partial charge on any atom is -0.465 e. The molecule has 1 aliphatic heterocycles. The van der Waals surface area contributed by atoms with Gasteiger partial charge in [0.25, 0.3) is 0 Å². The number of sulfone groups is 1. The first-order chi connectivity index (χ1) is 14.7. The van der Waals surface area contributed by atoms with E-state index in [4.69, 9.17) is 14.2 Å². The quantitative estimate of drug-likeness (QED) is 0.588. The van der Waals surface area contributed by atoms with Crippen LogP contribution in [0.2, 0.25) is 0 Å². The molecule has 0 fully saturated rings. The summed E-state index contributed by atoms with van der Waals surface area (Å²) < 4.78 is 38.6. The number of nitrogens with one attached hydrogen (secondary N) is 2. The molecule has 160 valence electrons. The van der Waals surface area contributed by atoms with Crippen molar-refractivity contribution in [1.82, 2.24) is 4.98 Å². The molecule has 10 nitrogen and oxygen atoms in total. The van der Waals surface area contributed by atoms with Gasteiger partial charge in [0.2, 0.25) is 6.79 Å². The van der Waals surface area contributed by atoms with E-state index in [9.17, 15) is 18.0 Å². The average molecular weight is 443 g/mol. The van der Waals surface area contributed by atoms with Crippen LogP contribution in [0.1, 0.15) is 10.4 Å². The fourth-order valence-electron chi connectivity index (χ4n) is 2.98. The van der Waals surface area contributed by atoms with Gasteiger partial charge in [-0.2, -0.15) is 0 Å². The maximum Gasteiger partial charge on any atom is 0.341 e. The van der Waals surface area contributed by atoms with Crippen LogP contribution in [0.15, 0.2) is 47.4 Å². The zero-order chi connectivity index (χ0) is 22.2. The average Bonchev–Trinajstić information content (AvgIpc) is 3.18. The van der Waals surface area contributed by atoms with Gasteiger partial charge in [-0.05, 0) is 36.4 Å². The van der Waals surface area contributed by atoms with Gasteiger partial charge in [0, 0.05) is 23.4 Å². The van der Waals surface area contributed by atoms with Crippen molar-refractivity contribution in [2.75, 3.05) is 30.8 Å². The van der Waals surface area contributed by atoms with Crippen LogP contribution in [0, 0.1) is 0 Å². The molecule has 0 atom stereocenters. The van der Waals surface area contributed by atoms with Crippen molar-refractivity contribution in [3.8, 4) is 11.5 Å². The molecule has 0 saturated heterocycles. The normalized spacial score (nSPS) is 12.5. The number of esters is 1. The van der Waals surface area contributed by atoms with Gasteiger partial charge in [0.1, 0.15) is 11.4 Å². The van der Waals surface area contributed by atoms with Crippen molar-refractivity contribution in [1.29, 1.82) is 0 Å². The van der Waals surface area contributed by atoms with Crippen molar-refractivity contribution < 1.29 is 32.2 Å². The lowest BCUT2D eigenvalue weighted by Gasteiger charge is -2.12. The smallest absolute Gasteiger partial charge is 0.341 e. The molecule has 0 spiro atoms. The number of aromatic nitrogens is 1. The zero-order valence-corrected chi connectivity index (χ0v) is 17.3. The van der Waals surface area contributed by atoms with Crippen molar-refractivity contribution in [3.63, 3.8) is 0 Å². The maximum atomic E-state index is 12.5. The number of fused-ring (bicyclic) bond motifs is 2. The summed E-state index contributed by atoms with van der Waals surface area (Å²) in [6.45, 7) is 0.0845. The molecule has 3 aromatic rings. The number of carbonyl (C=O) groups is 2. The maximum absolute atomic E-state index is 12.5. The summed E-state index contributed by atoms with van der Waals surface area (Å²) in [6.07, 6.45) is 1.09. The molecule has 1 aliphatic rings. The number of pyridine rings is 1. The Morgan fingerprint density at radius 3 is 2.35 bits per heavy atom. The second kappa shape index (κ2) is 7.76. The summed E-state index contributed by atoms with van der Waals surface area (Å²) in [4.78, 5) is 29.2. The molecular weight excluding hydrogens is 426 g/mol. The standard InChI is InChI=1S/C20H17N3O7S/c1-28-19(24)14-7-11-8-16-17(30-10-29-16)9-15(11)22-18(14)23-20(25)21-12-3-5-13(6-4-12)31(2,26)27/h3-9H,10H2,1-2H3,(H2,21,22,23,25). The SMILES string of the molecule is COC(=O)c1cc2cc3c(cc2nc1NC(=O)Nc1ccc(S(C)(=O)=O)cc1)OCO3. The number of methoxy groups -OCH3 is 1. The van der Waals surface area contributed by atoms with Crippen LogP contribution < -0.4 is 20.1 Å². The molecule has 4 rings (SSSR count). The Morgan fingerprint density at radius 1 is 1.03 bits per heavy atom. The summed E-state index contributed by atoms with van der Waals surface area (Å²) in [7, 11) is -2.13. The number of carbonyl (C=O) groups excluding carboxylic acids is 2. The topological polar surface area (TPSA) is 133 Å². The monoisotopic (exact) mass is 443 g/mol. The minimum absolute atomic E-state index is 0.0107. The third-order valence-electron chi connectivity index (χ3n) is 4.49. The molecule has 0 bridgehead atoms. The summed E-state index contributed by atoms with van der Waals surface area (Å²) in [5, 5.41) is 5.69. The first kappa shape index (κ1) is 20.4. The van der Waals surface area contributed by atoms with E-state index in [1.807, 2.05) is 0 Å². The molecular formula is C20H17N3O7S. The van der Waals surface area contributed by atoms with E-state index in [2.05, 4.69) is 15.6 Å². The number of anilines is 2. The van der Waals surface area contributed by atoms with Crippen LogP contribution in [-0.4, -0.2) is 45.6 Å². The number of hydrogen-bond donors (Lipinski definition) is 2. The Labute approximate surface area is 177 Å². The second-order valence-corrected chi connectivity index (χ2v) is 8.67. The van der Waals surface area contributed by atoms with Gasteiger partial charge < -0.3 is 19.5 Å². The van der Waals surface area contributed by atoms with E-state index in [0.717, 1.165) is 6.26 Å². The Bertz CT molecular complexity index is 1300. The van der Waals surface area contributed by atoms with Crippen LogP contribution in [0.25, 0.3) is 10.9 Å². The van der Waals surface area contributed by atoms with Crippen LogP contribution in [0.3, 0.4) is 0 Å². The Hall–Kier alpha value is -3.86. The van der Waals surface area contributed by atoms with E-state index >= 15 is 0 Å². The third-order valence-corrected chi connectivity index (χ3v) is 5.62. The number of urea groups is 1. The molecule has 2 heterocycles. The van der Waals surface area contributed by atoms with E-state index in [-0.39, 0.29) is 23.1 Å². The molecule has 2 amide bonds. The molecule has 0 unspecified atom stereocenters. The molecule has 2 N–H and O–H groups in total. The van der Waals surface area contributed by atoms with Crippen molar-refractivity contribution in [2.45, 2.75) is 4.90 Å². The Kier molecular flexibility index (Phi) is 5.11. The highest BCUT2D eigenvalue weighted by Crippen LogP contribution is 2.36. The van der Waals surface area contributed by atoms with Gasteiger partial charge in [0.15, 0.2) is 21.3 Å². The highest BCUT2D eigenvalue weighted by atomic mass is 32.2. The lowest BCUT2D eigenvalue weighted by Crippen LogP contribution is -2.22. The molecule has 31 heavy (non-hydrogen) atoms. The van der Waals surface area contributed by atoms with Gasteiger partial charge in [-0.25, -0.2) is 23.0 Å². The van der Waals surface area contributed by atoms with Gasteiger partial charge in [0.05, 0.1) is 17.5 Å². The largest absolute Gasteiger partial charge is 0.465 e. The summed E-state index contributed by atoms with van der Waals surface area (Å²) in [5.74, 6) is 0.344. The molecule has 0 saturated carbocycles. The fourth-order valence-corrected chi connectivity index (χ4v) is 3.61. The number of nitrogens with zero attached hydrogens (tertiary/aromatic N) is 1. The predicted molar refractivity (Wildman–Crippen MR) is 111 cm³/mol. The summed E-state index contributed by atoms with van der Waals surface area (Å²) >= 11 is 0. The molecule has 11 heteroatoms. The van der Waals surface area contributed by atoms with Crippen LogP contribution in [-0.2, 0) is 14.6 Å². The Morgan fingerprint density at radius 2 is 1.71 bits per heavy atom. The lowest BCUT2D eigenvalue weighted by molar-refractivity contribution is 0.0601. The summed E-state index contributed by atoms with van der Waals surface area (Å²) in [6, 6.07) is 9.84. The second-order valence-electron chi connectivity index (χ2n) is 6.65. The number of rotatable bonds is 4. The van der Waals surface area contributed by atoms with Crippen LogP contribution >= 0.6 is 0 Å². The molecule has 1 aromatic heterocycles. The van der Waals surface area contributed by atoms with Crippen molar-refractivity contribution in [3.05, 3.63) is 48.0 Å². The minimum atomic E-state index is -3.35. The molecule has 0 radical (unpaired) electrons. The van der Waals surface area contributed by atoms with Gasteiger partial charge >= 0.3 is 12.0 Å². The Balaban J connectivity index is 1.62. The number of hydrogen-bond acceptors (Lipinski definition) is 8. The first-order valence-electron chi connectivity index (χ1n) is 8.95. The van der Waals surface area contributed by atoms with E-state index in [1.165, 1.54) is 37.4 Å².